The van der Waals surface area contributed by atoms with Gasteiger partial charge in [-0.1, -0.05) is 6.07 Å². The summed E-state index contributed by atoms with van der Waals surface area (Å²) in [6.45, 7) is 0. The van der Waals surface area contributed by atoms with Gasteiger partial charge in [0.2, 0.25) is 0 Å². The zero-order valence-electron chi connectivity index (χ0n) is 13.8. The number of nitrogens with two attached hydrogens (primary N) is 3. The molecule has 0 aliphatic heterocycles. The fraction of sp³-hybridized carbons (Fsp3) is 0.333. The van der Waals surface area contributed by atoms with Crippen LogP contribution in [0.4, 0.5) is 15.9 Å². The topological polar surface area (TPSA) is 109 Å². The van der Waals surface area contributed by atoms with Gasteiger partial charge in [-0.2, -0.15) is 0 Å². The standard InChI is InChI=1S/C18H21FN6/c19-14-7-10(1-6-15(14)21)13-8-25(12-4-2-11(20)3-5-12)18-16(13)17(22)23-9-24-18/h1,6-9,11-12H,2-5,20-21H2,(H2,22,23,24). The van der Waals surface area contributed by atoms with Crippen LogP contribution < -0.4 is 17.2 Å². The largest absolute Gasteiger partial charge is 0.396 e. The molecule has 1 fully saturated rings. The average Bonchev–Trinajstić information content (AvgIpc) is 2.99. The highest BCUT2D eigenvalue weighted by Crippen LogP contribution is 2.38. The molecule has 25 heavy (non-hydrogen) atoms. The number of anilines is 2. The minimum atomic E-state index is -0.447. The summed E-state index contributed by atoms with van der Waals surface area (Å²) in [6, 6.07) is 5.36. The Bertz CT molecular complexity index is 927. The monoisotopic (exact) mass is 340 g/mol. The summed E-state index contributed by atoms with van der Waals surface area (Å²) in [7, 11) is 0. The second-order valence-electron chi connectivity index (χ2n) is 6.71. The van der Waals surface area contributed by atoms with Crippen LogP contribution in [-0.2, 0) is 0 Å². The van der Waals surface area contributed by atoms with Crippen molar-refractivity contribution in [3.05, 3.63) is 36.5 Å². The molecule has 4 rings (SSSR count). The van der Waals surface area contributed by atoms with Gasteiger partial charge in [-0.25, -0.2) is 14.4 Å². The van der Waals surface area contributed by atoms with Crippen molar-refractivity contribution in [1.29, 1.82) is 0 Å². The molecule has 0 atom stereocenters. The molecule has 0 unspecified atom stereocenters. The molecule has 0 amide bonds. The zero-order valence-corrected chi connectivity index (χ0v) is 13.8. The van der Waals surface area contributed by atoms with E-state index in [9.17, 15) is 4.39 Å². The number of benzene rings is 1. The molecule has 0 bridgehead atoms. The molecular weight excluding hydrogens is 319 g/mol. The van der Waals surface area contributed by atoms with E-state index in [1.54, 1.807) is 12.1 Å². The number of rotatable bonds is 2. The second-order valence-corrected chi connectivity index (χ2v) is 6.71. The molecule has 0 radical (unpaired) electrons. The molecule has 3 aromatic rings. The molecule has 1 aliphatic rings. The summed E-state index contributed by atoms with van der Waals surface area (Å²) in [5.41, 5.74) is 20.2. The Labute approximate surface area is 144 Å². The summed E-state index contributed by atoms with van der Waals surface area (Å²) < 4.78 is 16.1. The van der Waals surface area contributed by atoms with Gasteiger partial charge in [0.05, 0.1) is 11.1 Å². The Morgan fingerprint density at radius 2 is 1.84 bits per heavy atom. The summed E-state index contributed by atoms with van der Waals surface area (Å²) >= 11 is 0. The zero-order chi connectivity index (χ0) is 17.6. The van der Waals surface area contributed by atoms with Crippen molar-refractivity contribution < 1.29 is 4.39 Å². The Balaban J connectivity index is 1.88. The van der Waals surface area contributed by atoms with Crippen molar-refractivity contribution >= 4 is 22.5 Å². The van der Waals surface area contributed by atoms with Gasteiger partial charge in [0.15, 0.2) is 0 Å². The van der Waals surface area contributed by atoms with Crippen molar-refractivity contribution in [2.75, 3.05) is 11.5 Å². The molecule has 2 aromatic heterocycles. The lowest BCUT2D eigenvalue weighted by Crippen LogP contribution is -2.27. The fourth-order valence-corrected chi connectivity index (χ4v) is 3.68. The third-order valence-corrected chi connectivity index (χ3v) is 5.08. The fourth-order valence-electron chi connectivity index (χ4n) is 3.68. The number of aromatic nitrogens is 3. The van der Waals surface area contributed by atoms with Crippen LogP contribution >= 0.6 is 0 Å². The van der Waals surface area contributed by atoms with E-state index in [2.05, 4.69) is 14.5 Å². The van der Waals surface area contributed by atoms with Gasteiger partial charge < -0.3 is 21.8 Å². The Morgan fingerprint density at radius 1 is 1.08 bits per heavy atom. The number of nitrogen functional groups attached to an aromatic ring is 2. The van der Waals surface area contributed by atoms with Crippen LogP contribution in [0.2, 0.25) is 0 Å². The van der Waals surface area contributed by atoms with Crippen LogP contribution in [-0.4, -0.2) is 20.6 Å². The quantitative estimate of drug-likeness (QED) is 0.622. The third-order valence-electron chi connectivity index (χ3n) is 5.08. The highest BCUT2D eigenvalue weighted by atomic mass is 19.1. The van der Waals surface area contributed by atoms with Crippen LogP contribution in [0.1, 0.15) is 31.7 Å². The smallest absolute Gasteiger partial charge is 0.146 e. The lowest BCUT2D eigenvalue weighted by molar-refractivity contribution is 0.329. The van der Waals surface area contributed by atoms with E-state index in [0.717, 1.165) is 42.3 Å². The minimum absolute atomic E-state index is 0.123. The number of fused-ring (bicyclic) bond motifs is 1. The van der Waals surface area contributed by atoms with E-state index in [1.807, 2.05) is 6.20 Å². The molecule has 0 spiro atoms. The van der Waals surface area contributed by atoms with Crippen molar-refractivity contribution in [3.63, 3.8) is 0 Å². The van der Waals surface area contributed by atoms with Gasteiger partial charge in [0, 0.05) is 23.8 Å². The maximum absolute atomic E-state index is 14.0. The molecule has 0 saturated heterocycles. The van der Waals surface area contributed by atoms with Gasteiger partial charge in [-0.15, -0.1) is 0 Å². The first-order chi connectivity index (χ1) is 12.0. The van der Waals surface area contributed by atoms with Crippen molar-refractivity contribution in [3.8, 4) is 11.1 Å². The first-order valence-electron chi connectivity index (χ1n) is 8.46. The number of hydrogen-bond donors (Lipinski definition) is 3. The maximum Gasteiger partial charge on any atom is 0.146 e. The van der Waals surface area contributed by atoms with Crippen molar-refractivity contribution in [2.45, 2.75) is 37.8 Å². The Hall–Kier alpha value is -2.67. The Morgan fingerprint density at radius 3 is 2.56 bits per heavy atom. The summed E-state index contributed by atoms with van der Waals surface area (Å²) in [4.78, 5) is 8.56. The van der Waals surface area contributed by atoms with Gasteiger partial charge in [-0.3, -0.25) is 0 Å². The van der Waals surface area contributed by atoms with Gasteiger partial charge in [0.25, 0.3) is 0 Å². The normalized spacial score (nSPS) is 20.9. The second kappa shape index (κ2) is 6.00. The first-order valence-corrected chi connectivity index (χ1v) is 8.46. The van der Waals surface area contributed by atoms with Crippen LogP contribution in [0.15, 0.2) is 30.7 Å². The number of nitrogens with zero attached hydrogens (tertiary/aromatic N) is 3. The summed E-state index contributed by atoms with van der Waals surface area (Å²) in [5.74, 6) is -0.0547. The minimum Gasteiger partial charge on any atom is -0.396 e. The van der Waals surface area contributed by atoms with E-state index in [4.69, 9.17) is 17.2 Å². The van der Waals surface area contributed by atoms with Crippen molar-refractivity contribution in [2.24, 2.45) is 5.73 Å². The molecular formula is C18H21FN6. The molecule has 6 N–H and O–H groups in total. The van der Waals surface area contributed by atoms with Crippen molar-refractivity contribution in [1.82, 2.24) is 14.5 Å². The van der Waals surface area contributed by atoms with E-state index < -0.39 is 5.82 Å². The van der Waals surface area contributed by atoms with Gasteiger partial charge in [0.1, 0.15) is 23.6 Å². The lowest BCUT2D eigenvalue weighted by Gasteiger charge is -2.27. The molecule has 130 valence electrons. The summed E-state index contributed by atoms with van der Waals surface area (Å²) in [5, 5.41) is 0.751. The van der Waals surface area contributed by atoms with E-state index >= 15 is 0 Å². The summed E-state index contributed by atoms with van der Waals surface area (Å²) in [6.07, 6.45) is 7.42. The first kappa shape index (κ1) is 15.8. The van der Waals surface area contributed by atoms with E-state index in [1.165, 1.54) is 12.4 Å². The predicted molar refractivity (Wildman–Crippen MR) is 97.2 cm³/mol. The molecule has 1 aliphatic carbocycles. The molecule has 6 nitrogen and oxygen atoms in total. The predicted octanol–water partition coefficient (Wildman–Crippen LogP) is 2.84. The molecule has 1 saturated carbocycles. The van der Waals surface area contributed by atoms with E-state index in [0.29, 0.717) is 17.4 Å². The molecule has 7 heteroatoms. The van der Waals surface area contributed by atoms with E-state index in [-0.39, 0.29) is 11.7 Å². The van der Waals surface area contributed by atoms with Crippen LogP contribution in [0.5, 0.6) is 0 Å². The highest BCUT2D eigenvalue weighted by Gasteiger charge is 2.24. The highest BCUT2D eigenvalue weighted by molar-refractivity contribution is 6.00. The SMILES string of the molecule is Nc1ccc(-c2cn(C3CCC(N)CC3)c3ncnc(N)c23)cc1F. The maximum atomic E-state index is 14.0. The number of halogens is 1. The Kier molecular flexibility index (Phi) is 3.80. The number of hydrogen-bond acceptors (Lipinski definition) is 5. The lowest BCUT2D eigenvalue weighted by atomic mass is 9.92. The van der Waals surface area contributed by atoms with Crippen LogP contribution in [0.3, 0.4) is 0 Å². The van der Waals surface area contributed by atoms with Crippen LogP contribution in [0.25, 0.3) is 22.2 Å². The average molecular weight is 340 g/mol. The van der Waals surface area contributed by atoms with Gasteiger partial charge in [-0.05, 0) is 43.4 Å². The van der Waals surface area contributed by atoms with Crippen LogP contribution in [0, 0.1) is 5.82 Å². The molecule has 1 aromatic carbocycles. The third kappa shape index (κ3) is 2.70. The van der Waals surface area contributed by atoms with Gasteiger partial charge >= 0.3 is 0 Å². The molecule has 2 heterocycles.